The van der Waals surface area contributed by atoms with Gasteiger partial charge in [0.2, 0.25) is 5.56 Å². The van der Waals surface area contributed by atoms with Crippen LogP contribution in [-0.2, 0) is 0 Å². The van der Waals surface area contributed by atoms with Crippen LogP contribution >= 0.6 is 34.8 Å². The second-order valence-corrected chi connectivity index (χ2v) is 6.02. The quantitative estimate of drug-likeness (QED) is 0.634. The van der Waals surface area contributed by atoms with Crippen molar-refractivity contribution in [3.63, 3.8) is 0 Å². The molecule has 0 amide bonds. The first-order valence-corrected chi connectivity index (χ1v) is 7.63. The molecule has 0 fully saturated rings. The molecule has 3 aromatic rings. The number of pyridine rings is 1. The third-order valence-electron chi connectivity index (χ3n) is 3.27. The van der Waals surface area contributed by atoms with Crippen LogP contribution in [0.5, 0.6) is 0 Å². The zero-order valence-corrected chi connectivity index (χ0v) is 13.5. The van der Waals surface area contributed by atoms with Gasteiger partial charge in [0.15, 0.2) is 0 Å². The Hall–Kier alpha value is -1.74. The van der Waals surface area contributed by atoms with E-state index in [0.717, 1.165) is 11.1 Å². The van der Waals surface area contributed by atoms with Crippen LogP contribution < -0.4 is 5.56 Å². The smallest absolute Gasteiger partial charge is 0.248 e. The Morgan fingerprint density at radius 1 is 0.727 bits per heavy atom. The fraction of sp³-hybridized carbons (Fsp3) is 0. The molecular formula is C17H10Cl3NO. The molecule has 110 valence electrons. The fourth-order valence-corrected chi connectivity index (χ4v) is 2.88. The van der Waals surface area contributed by atoms with Crippen LogP contribution in [0.1, 0.15) is 0 Å². The van der Waals surface area contributed by atoms with E-state index in [1.165, 1.54) is 6.07 Å². The molecular weight excluding hydrogens is 341 g/mol. The Bertz CT molecular complexity index is 885. The van der Waals surface area contributed by atoms with Crippen molar-refractivity contribution in [2.45, 2.75) is 0 Å². The van der Waals surface area contributed by atoms with Gasteiger partial charge in [-0.3, -0.25) is 4.79 Å². The van der Waals surface area contributed by atoms with Crippen LogP contribution in [0.3, 0.4) is 0 Å². The number of benzene rings is 2. The third-order valence-corrected chi connectivity index (χ3v) is 4.07. The number of H-pyrrole nitrogens is 1. The third kappa shape index (κ3) is 3.05. The maximum absolute atomic E-state index is 11.7. The Morgan fingerprint density at radius 2 is 1.36 bits per heavy atom. The van der Waals surface area contributed by atoms with Crippen LogP contribution in [0.15, 0.2) is 59.4 Å². The molecule has 0 radical (unpaired) electrons. The lowest BCUT2D eigenvalue weighted by Crippen LogP contribution is -2.06. The van der Waals surface area contributed by atoms with Crippen LogP contribution in [0, 0.1) is 0 Å². The van der Waals surface area contributed by atoms with Crippen LogP contribution in [0.2, 0.25) is 15.1 Å². The molecule has 1 N–H and O–H groups in total. The van der Waals surface area contributed by atoms with Gasteiger partial charge in [-0.25, -0.2) is 0 Å². The number of aromatic nitrogens is 1. The van der Waals surface area contributed by atoms with Gasteiger partial charge in [-0.1, -0.05) is 46.9 Å². The van der Waals surface area contributed by atoms with Crippen molar-refractivity contribution in [2.24, 2.45) is 0 Å². The number of nitrogens with one attached hydrogen (secondary N) is 1. The summed E-state index contributed by atoms with van der Waals surface area (Å²) in [5.74, 6) is 0. The molecule has 0 atom stereocenters. The van der Waals surface area contributed by atoms with Crippen molar-refractivity contribution >= 4 is 34.8 Å². The fourth-order valence-electron chi connectivity index (χ4n) is 2.25. The first-order chi connectivity index (χ1) is 10.5. The molecule has 0 saturated carbocycles. The molecule has 0 aliphatic carbocycles. The highest BCUT2D eigenvalue weighted by molar-refractivity contribution is 6.36. The van der Waals surface area contributed by atoms with E-state index in [1.807, 2.05) is 12.1 Å². The molecule has 1 heterocycles. The minimum atomic E-state index is -0.196. The Labute approximate surface area is 142 Å². The summed E-state index contributed by atoms with van der Waals surface area (Å²) in [6.45, 7) is 0. The summed E-state index contributed by atoms with van der Waals surface area (Å²) in [6.07, 6.45) is 0. The maximum Gasteiger partial charge on any atom is 0.248 e. The summed E-state index contributed by atoms with van der Waals surface area (Å²) in [7, 11) is 0. The molecule has 0 aliphatic rings. The zero-order valence-electron chi connectivity index (χ0n) is 11.2. The molecule has 0 bridgehead atoms. The van der Waals surface area contributed by atoms with Crippen LogP contribution in [0.4, 0.5) is 0 Å². The van der Waals surface area contributed by atoms with Gasteiger partial charge in [-0.2, -0.15) is 0 Å². The van der Waals surface area contributed by atoms with Crippen LogP contribution in [0.25, 0.3) is 22.4 Å². The number of halogens is 3. The lowest BCUT2D eigenvalue weighted by atomic mass is 9.99. The largest absolute Gasteiger partial charge is 0.321 e. The highest BCUT2D eigenvalue weighted by Gasteiger charge is 2.12. The van der Waals surface area contributed by atoms with Crippen molar-refractivity contribution in [3.8, 4) is 22.4 Å². The van der Waals surface area contributed by atoms with E-state index < -0.39 is 0 Å². The number of aromatic amines is 1. The first kappa shape index (κ1) is 15.2. The highest BCUT2D eigenvalue weighted by Crippen LogP contribution is 2.35. The monoisotopic (exact) mass is 349 g/mol. The van der Waals surface area contributed by atoms with E-state index in [0.29, 0.717) is 26.3 Å². The Kier molecular flexibility index (Phi) is 4.25. The summed E-state index contributed by atoms with van der Waals surface area (Å²) in [5, 5.41) is 1.67. The van der Waals surface area contributed by atoms with Crippen molar-refractivity contribution in [2.75, 3.05) is 0 Å². The van der Waals surface area contributed by atoms with E-state index in [-0.39, 0.29) is 5.56 Å². The molecule has 0 spiro atoms. The molecule has 0 aliphatic heterocycles. The lowest BCUT2D eigenvalue weighted by molar-refractivity contribution is 1.24. The summed E-state index contributed by atoms with van der Waals surface area (Å²) < 4.78 is 0. The van der Waals surface area contributed by atoms with E-state index in [2.05, 4.69) is 4.98 Å². The second-order valence-electron chi connectivity index (χ2n) is 4.74. The second kappa shape index (κ2) is 6.17. The molecule has 2 aromatic carbocycles. The van der Waals surface area contributed by atoms with Crippen molar-refractivity contribution in [1.82, 2.24) is 4.98 Å². The average Bonchev–Trinajstić information content (AvgIpc) is 2.48. The van der Waals surface area contributed by atoms with Crippen molar-refractivity contribution in [3.05, 3.63) is 80.0 Å². The summed E-state index contributed by atoms with van der Waals surface area (Å²) in [5.41, 5.74) is 2.96. The van der Waals surface area contributed by atoms with Gasteiger partial charge >= 0.3 is 0 Å². The Morgan fingerprint density at radius 3 is 2.05 bits per heavy atom. The summed E-state index contributed by atoms with van der Waals surface area (Å²) in [6, 6.07) is 15.8. The van der Waals surface area contributed by atoms with Gasteiger partial charge in [0, 0.05) is 27.2 Å². The van der Waals surface area contributed by atoms with Gasteiger partial charge in [0.25, 0.3) is 0 Å². The van der Waals surface area contributed by atoms with E-state index in [9.17, 15) is 4.79 Å². The van der Waals surface area contributed by atoms with Crippen molar-refractivity contribution < 1.29 is 0 Å². The first-order valence-electron chi connectivity index (χ1n) is 6.49. The van der Waals surface area contributed by atoms with E-state index >= 15 is 0 Å². The van der Waals surface area contributed by atoms with Gasteiger partial charge < -0.3 is 4.98 Å². The minimum absolute atomic E-state index is 0.196. The number of hydrogen-bond acceptors (Lipinski definition) is 1. The molecule has 1 aromatic heterocycles. The molecule has 2 nitrogen and oxygen atoms in total. The van der Waals surface area contributed by atoms with Gasteiger partial charge in [-0.15, -0.1) is 0 Å². The van der Waals surface area contributed by atoms with E-state index in [1.54, 1.807) is 36.4 Å². The van der Waals surface area contributed by atoms with Gasteiger partial charge in [0.1, 0.15) is 0 Å². The average molecular weight is 351 g/mol. The van der Waals surface area contributed by atoms with Crippen LogP contribution in [-0.4, -0.2) is 4.98 Å². The minimum Gasteiger partial charge on any atom is -0.321 e. The summed E-state index contributed by atoms with van der Waals surface area (Å²) >= 11 is 18.1. The van der Waals surface area contributed by atoms with Gasteiger partial charge in [-0.05, 0) is 42.0 Å². The maximum atomic E-state index is 11.7. The topological polar surface area (TPSA) is 32.9 Å². The summed E-state index contributed by atoms with van der Waals surface area (Å²) in [4.78, 5) is 14.6. The standard InChI is InChI=1S/C17H10Cl3NO/c18-11-3-1-10(2-4-11)13-7-8-16(22)21-17(13)14-6-5-12(19)9-15(14)20/h1-9H,(H,21,22). The number of hydrogen-bond donors (Lipinski definition) is 1. The normalized spacial score (nSPS) is 10.7. The molecule has 22 heavy (non-hydrogen) atoms. The van der Waals surface area contributed by atoms with E-state index in [4.69, 9.17) is 34.8 Å². The lowest BCUT2D eigenvalue weighted by Gasteiger charge is -2.11. The van der Waals surface area contributed by atoms with Gasteiger partial charge in [0.05, 0.1) is 10.7 Å². The zero-order chi connectivity index (χ0) is 15.7. The molecule has 3 rings (SSSR count). The van der Waals surface area contributed by atoms with Crippen molar-refractivity contribution in [1.29, 1.82) is 0 Å². The predicted octanol–water partition coefficient (Wildman–Crippen LogP) is 5.67. The Balaban J connectivity index is 2.24. The highest BCUT2D eigenvalue weighted by atomic mass is 35.5. The SMILES string of the molecule is O=c1ccc(-c2ccc(Cl)cc2)c(-c2ccc(Cl)cc2Cl)[nH]1. The molecule has 0 saturated heterocycles. The molecule has 0 unspecified atom stereocenters. The number of rotatable bonds is 2. The predicted molar refractivity (Wildman–Crippen MR) is 93.0 cm³/mol. The molecule has 5 heteroatoms.